The van der Waals surface area contributed by atoms with Gasteiger partial charge in [0.25, 0.3) is 0 Å². The van der Waals surface area contributed by atoms with Crippen LogP contribution in [-0.2, 0) is 6.42 Å². The van der Waals surface area contributed by atoms with Gasteiger partial charge in [-0.15, -0.1) is 0 Å². The average molecular weight is 266 g/mol. The standard InChI is InChI=1S/C14H23FN4/c1-3-12-13(15)14(18-10-17-12)16-6-9-19-7-4-11(2)5-8-19/h10-11H,3-9H2,1-2H3,(H,16,17,18). The Hall–Kier alpha value is -1.23. The molecule has 1 saturated heterocycles. The van der Waals surface area contributed by atoms with Crippen molar-refractivity contribution in [3.05, 3.63) is 17.8 Å². The summed E-state index contributed by atoms with van der Waals surface area (Å²) in [4.78, 5) is 10.3. The summed E-state index contributed by atoms with van der Waals surface area (Å²) in [5.74, 6) is 0.866. The SMILES string of the molecule is CCc1ncnc(NCCN2CCC(C)CC2)c1F. The molecule has 1 aromatic rings. The number of hydrogen-bond acceptors (Lipinski definition) is 4. The first-order valence-electron chi connectivity index (χ1n) is 7.16. The Morgan fingerprint density at radius 3 is 2.79 bits per heavy atom. The van der Waals surface area contributed by atoms with Crippen molar-refractivity contribution in [3.8, 4) is 0 Å². The molecule has 0 unspecified atom stereocenters. The summed E-state index contributed by atoms with van der Waals surface area (Å²) in [6.07, 6.45) is 4.55. The van der Waals surface area contributed by atoms with Crippen LogP contribution in [0.15, 0.2) is 6.33 Å². The second kappa shape index (κ2) is 6.80. The molecule has 0 saturated carbocycles. The molecule has 0 bridgehead atoms. The molecule has 4 nitrogen and oxygen atoms in total. The monoisotopic (exact) mass is 266 g/mol. The Morgan fingerprint density at radius 1 is 1.37 bits per heavy atom. The van der Waals surface area contributed by atoms with E-state index in [9.17, 15) is 4.39 Å². The molecule has 1 aliphatic rings. The highest BCUT2D eigenvalue weighted by atomic mass is 19.1. The van der Waals surface area contributed by atoms with Crippen molar-refractivity contribution in [2.24, 2.45) is 5.92 Å². The van der Waals surface area contributed by atoms with Gasteiger partial charge in [-0.05, 0) is 38.3 Å². The average Bonchev–Trinajstić information content (AvgIpc) is 2.43. The van der Waals surface area contributed by atoms with Crippen molar-refractivity contribution in [3.63, 3.8) is 0 Å². The fourth-order valence-corrected chi connectivity index (χ4v) is 2.39. The third-order valence-electron chi connectivity index (χ3n) is 3.79. The number of piperidine rings is 1. The topological polar surface area (TPSA) is 41.1 Å². The molecular formula is C14H23FN4. The Bertz CT molecular complexity index is 402. The number of hydrogen-bond donors (Lipinski definition) is 1. The number of aryl methyl sites for hydroxylation is 1. The van der Waals surface area contributed by atoms with E-state index in [4.69, 9.17) is 0 Å². The minimum atomic E-state index is -0.308. The maximum Gasteiger partial charge on any atom is 0.186 e. The van der Waals surface area contributed by atoms with E-state index in [1.165, 1.54) is 19.2 Å². The summed E-state index contributed by atoms with van der Waals surface area (Å²) in [5.41, 5.74) is 0.476. The van der Waals surface area contributed by atoms with E-state index in [1.807, 2.05) is 6.92 Å². The molecule has 106 valence electrons. The molecule has 2 heterocycles. The van der Waals surface area contributed by atoms with E-state index in [2.05, 4.69) is 27.1 Å². The summed E-state index contributed by atoms with van der Waals surface area (Å²) in [6, 6.07) is 0. The molecule has 0 amide bonds. The van der Waals surface area contributed by atoms with Crippen LogP contribution in [-0.4, -0.2) is 41.0 Å². The number of aromatic nitrogens is 2. The zero-order chi connectivity index (χ0) is 13.7. The maximum atomic E-state index is 13.9. The first kappa shape index (κ1) is 14.2. The van der Waals surface area contributed by atoms with Gasteiger partial charge in [0, 0.05) is 13.1 Å². The summed E-state index contributed by atoms with van der Waals surface area (Å²) in [6.45, 7) is 8.16. The van der Waals surface area contributed by atoms with Crippen LogP contribution in [0.25, 0.3) is 0 Å². The Morgan fingerprint density at radius 2 is 2.11 bits per heavy atom. The van der Waals surface area contributed by atoms with Gasteiger partial charge in [-0.3, -0.25) is 0 Å². The maximum absolute atomic E-state index is 13.9. The van der Waals surface area contributed by atoms with Crippen LogP contribution in [0.2, 0.25) is 0 Å². The van der Waals surface area contributed by atoms with Crippen molar-refractivity contribution >= 4 is 5.82 Å². The van der Waals surface area contributed by atoms with E-state index in [0.717, 1.165) is 32.1 Å². The molecule has 1 N–H and O–H groups in total. The molecule has 1 fully saturated rings. The van der Waals surface area contributed by atoms with Gasteiger partial charge in [-0.2, -0.15) is 0 Å². The number of rotatable bonds is 5. The highest BCUT2D eigenvalue weighted by Gasteiger charge is 2.15. The number of nitrogens with zero attached hydrogens (tertiary/aromatic N) is 3. The number of likely N-dealkylation sites (tertiary alicyclic amines) is 1. The minimum absolute atomic E-state index is 0.308. The van der Waals surface area contributed by atoms with Crippen LogP contribution in [0.1, 0.15) is 32.4 Å². The van der Waals surface area contributed by atoms with Crippen molar-refractivity contribution in [2.75, 3.05) is 31.5 Å². The molecule has 1 aromatic heterocycles. The van der Waals surface area contributed by atoms with Gasteiger partial charge in [0.2, 0.25) is 0 Å². The van der Waals surface area contributed by atoms with Crippen LogP contribution in [0.5, 0.6) is 0 Å². The largest absolute Gasteiger partial charge is 0.366 e. The second-order valence-electron chi connectivity index (χ2n) is 5.29. The molecule has 0 aromatic carbocycles. The first-order chi connectivity index (χ1) is 9.20. The third kappa shape index (κ3) is 3.86. The molecule has 2 rings (SSSR count). The summed E-state index contributed by atoms with van der Waals surface area (Å²) < 4.78 is 13.9. The first-order valence-corrected chi connectivity index (χ1v) is 7.16. The van der Waals surface area contributed by atoms with Gasteiger partial charge in [0.05, 0.1) is 5.69 Å². The van der Waals surface area contributed by atoms with Crippen LogP contribution in [0.3, 0.4) is 0 Å². The van der Waals surface area contributed by atoms with Gasteiger partial charge in [-0.25, -0.2) is 14.4 Å². The molecule has 0 spiro atoms. The van der Waals surface area contributed by atoms with Gasteiger partial charge in [0.1, 0.15) is 6.33 Å². The molecule has 5 heteroatoms. The van der Waals surface area contributed by atoms with Gasteiger partial charge in [0.15, 0.2) is 11.6 Å². The Labute approximate surface area is 114 Å². The minimum Gasteiger partial charge on any atom is -0.366 e. The van der Waals surface area contributed by atoms with E-state index >= 15 is 0 Å². The quantitative estimate of drug-likeness (QED) is 0.888. The van der Waals surface area contributed by atoms with Gasteiger partial charge < -0.3 is 10.2 Å². The summed E-state index contributed by atoms with van der Waals surface area (Å²) >= 11 is 0. The fourth-order valence-electron chi connectivity index (χ4n) is 2.39. The number of anilines is 1. The highest BCUT2D eigenvalue weighted by Crippen LogP contribution is 2.16. The zero-order valence-electron chi connectivity index (χ0n) is 11.8. The van der Waals surface area contributed by atoms with E-state index in [0.29, 0.717) is 17.9 Å². The number of nitrogens with one attached hydrogen (secondary N) is 1. The second-order valence-corrected chi connectivity index (χ2v) is 5.29. The normalized spacial score (nSPS) is 17.6. The van der Waals surface area contributed by atoms with Crippen LogP contribution in [0.4, 0.5) is 10.2 Å². The molecule has 0 radical (unpaired) electrons. The molecular weight excluding hydrogens is 243 g/mol. The van der Waals surface area contributed by atoms with Crippen LogP contribution >= 0.6 is 0 Å². The molecule has 19 heavy (non-hydrogen) atoms. The Balaban J connectivity index is 1.79. The third-order valence-corrected chi connectivity index (χ3v) is 3.79. The lowest BCUT2D eigenvalue weighted by Crippen LogP contribution is -2.36. The highest BCUT2D eigenvalue weighted by molar-refractivity contribution is 5.37. The Kier molecular flexibility index (Phi) is 5.07. The van der Waals surface area contributed by atoms with Crippen molar-refractivity contribution < 1.29 is 4.39 Å². The van der Waals surface area contributed by atoms with E-state index < -0.39 is 0 Å². The van der Waals surface area contributed by atoms with E-state index in [1.54, 1.807) is 0 Å². The van der Waals surface area contributed by atoms with Crippen LogP contribution < -0.4 is 5.32 Å². The predicted octanol–water partition coefficient (Wildman–Crippen LogP) is 2.32. The smallest absolute Gasteiger partial charge is 0.186 e. The number of halogens is 1. The van der Waals surface area contributed by atoms with Crippen molar-refractivity contribution in [1.82, 2.24) is 14.9 Å². The lowest BCUT2D eigenvalue weighted by atomic mass is 9.99. The zero-order valence-corrected chi connectivity index (χ0v) is 11.8. The van der Waals surface area contributed by atoms with E-state index in [-0.39, 0.29) is 5.82 Å². The van der Waals surface area contributed by atoms with Gasteiger partial charge >= 0.3 is 0 Å². The van der Waals surface area contributed by atoms with Gasteiger partial charge in [-0.1, -0.05) is 13.8 Å². The summed E-state index contributed by atoms with van der Waals surface area (Å²) in [7, 11) is 0. The van der Waals surface area contributed by atoms with Crippen LogP contribution in [0, 0.1) is 11.7 Å². The van der Waals surface area contributed by atoms with Crippen molar-refractivity contribution in [2.45, 2.75) is 33.1 Å². The fraction of sp³-hybridized carbons (Fsp3) is 0.714. The summed E-state index contributed by atoms with van der Waals surface area (Å²) in [5, 5.41) is 3.08. The molecule has 0 atom stereocenters. The van der Waals surface area contributed by atoms with Crippen molar-refractivity contribution in [1.29, 1.82) is 0 Å². The lowest BCUT2D eigenvalue weighted by molar-refractivity contribution is 0.199. The lowest BCUT2D eigenvalue weighted by Gasteiger charge is -2.30. The molecule has 1 aliphatic heterocycles. The predicted molar refractivity (Wildman–Crippen MR) is 74.7 cm³/mol. The molecule has 0 aliphatic carbocycles.